The molecule has 1 fully saturated rings. The standard InChI is InChI=1S/C6H10O3/c1-2-5-3-4-8-6(7)9-5/h5H,2-4H2,1H3. The quantitative estimate of drug-likeness (QED) is 0.502. The minimum absolute atomic E-state index is 0.0891. The van der Waals surface area contributed by atoms with Crippen LogP contribution in [-0.4, -0.2) is 18.9 Å². The van der Waals surface area contributed by atoms with Crippen molar-refractivity contribution in [3.63, 3.8) is 0 Å². The van der Waals surface area contributed by atoms with Gasteiger partial charge in [0.25, 0.3) is 0 Å². The average Bonchev–Trinajstić information content (AvgIpc) is 1.88. The fourth-order valence-electron chi connectivity index (χ4n) is 0.790. The van der Waals surface area contributed by atoms with Gasteiger partial charge in [-0.2, -0.15) is 0 Å². The molecule has 0 bridgehead atoms. The Morgan fingerprint density at radius 1 is 1.78 bits per heavy atom. The zero-order valence-electron chi connectivity index (χ0n) is 5.42. The van der Waals surface area contributed by atoms with Gasteiger partial charge in [-0.25, -0.2) is 4.79 Å². The zero-order chi connectivity index (χ0) is 6.69. The molecule has 0 N–H and O–H groups in total. The molecule has 1 rings (SSSR count). The van der Waals surface area contributed by atoms with E-state index >= 15 is 0 Å². The summed E-state index contributed by atoms with van der Waals surface area (Å²) in [4.78, 5) is 10.4. The molecule has 0 aromatic rings. The maximum Gasteiger partial charge on any atom is 0.508 e. The molecule has 0 aliphatic carbocycles. The van der Waals surface area contributed by atoms with E-state index in [1.807, 2.05) is 6.92 Å². The third kappa shape index (κ3) is 1.59. The molecule has 1 saturated heterocycles. The number of hydrogen-bond acceptors (Lipinski definition) is 3. The van der Waals surface area contributed by atoms with E-state index in [4.69, 9.17) is 4.74 Å². The summed E-state index contributed by atoms with van der Waals surface area (Å²) in [5.41, 5.74) is 0. The Morgan fingerprint density at radius 2 is 2.56 bits per heavy atom. The lowest BCUT2D eigenvalue weighted by Crippen LogP contribution is -2.26. The molecule has 1 aliphatic rings. The number of hydrogen-bond donors (Lipinski definition) is 0. The van der Waals surface area contributed by atoms with Crippen LogP contribution in [0.2, 0.25) is 0 Å². The first-order chi connectivity index (χ1) is 4.33. The normalized spacial score (nSPS) is 26.8. The van der Waals surface area contributed by atoms with Gasteiger partial charge in [0.05, 0.1) is 6.61 Å². The summed E-state index contributed by atoms with van der Waals surface area (Å²) in [5, 5.41) is 0. The molecule has 0 radical (unpaired) electrons. The number of carbonyl (C=O) groups excluding carboxylic acids is 1. The summed E-state index contributed by atoms with van der Waals surface area (Å²) in [6.45, 7) is 2.50. The van der Waals surface area contributed by atoms with Gasteiger partial charge in [-0.15, -0.1) is 0 Å². The number of rotatable bonds is 1. The molecule has 1 atom stereocenters. The van der Waals surface area contributed by atoms with Crippen molar-refractivity contribution in [2.75, 3.05) is 6.61 Å². The Kier molecular flexibility index (Phi) is 1.92. The second-order valence-corrected chi connectivity index (χ2v) is 2.04. The Labute approximate surface area is 53.9 Å². The highest BCUT2D eigenvalue weighted by Crippen LogP contribution is 2.10. The largest absolute Gasteiger partial charge is 0.508 e. The summed E-state index contributed by atoms with van der Waals surface area (Å²) in [5.74, 6) is 0. The molecule has 0 aromatic carbocycles. The zero-order valence-corrected chi connectivity index (χ0v) is 5.42. The second kappa shape index (κ2) is 2.71. The number of cyclic esters (lactones) is 2. The molecule has 3 heteroatoms. The number of ether oxygens (including phenoxy) is 2. The van der Waals surface area contributed by atoms with Crippen molar-refractivity contribution in [1.82, 2.24) is 0 Å². The van der Waals surface area contributed by atoms with Crippen LogP contribution in [0.15, 0.2) is 0 Å². The van der Waals surface area contributed by atoms with Crippen molar-refractivity contribution in [2.45, 2.75) is 25.9 Å². The van der Waals surface area contributed by atoms with Crippen LogP contribution in [0.25, 0.3) is 0 Å². The molecule has 0 amide bonds. The average molecular weight is 130 g/mol. The van der Waals surface area contributed by atoms with Crippen LogP contribution >= 0.6 is 0 Å². The van der Waals surface area contributed by atoms with Crippen molar-refractivity contribution < 1.29 is 14.3 Å². The van der Waals surface area contributed by atoms with Crippen LogP contribution in [0.4, 0.5) is 4.79 Å². The lowest BCUT2D eigenvalue weighted by Gasteiger charge is -2.20. The highest BCUT2D eigenvalue weighted by Gasteiger charge is 2.18. The van der Waals surface area contributed by atoms with Crippen LogP contribution in [0.5, 0.6) is 0 Å². The molecule has 0 aromatic heterocycles. The molecule has 52 valence electrons. The Hall–Kier alpha value is -0.730. The maximum atomic E-state index is 10.4. The molecule has 0 spiro atoms. The summed E-state index contributed by atoms with van der Waals surface area (Å²) < 4.78 is 9.32. The summed E-state index contributed by atoms with van der Waals surface area (Å²) in [6, 6.07) is 0. The number of carbonyl (C=O) groups is 1. The van der Waals surface area contributed by atoms with Crippen LogP contribution in [0, 0.1) is 0 Å². The van der Waals surface area contributed by atoms with Crippen LogP contribution in [-0.2, 0) is 9.47 Å². The smallest absolute Gasteiger partial charge is 0.434 e. The maximum absolute atomic E-state index is 10.4. The van der Waals surface area contributed by atoms with E-state index < -0.39 is 6.16 Å². The first kappa shape index (κ1) is 6.39. The Morgan fingerprint density at radius 3 is 3.00 bits per heavy atom. The topological polar surface area (TPSA) is 35.5 Å². The van der Waals surface area contributed by atoms with E-state index in [-0.39, 0.29) is 6.10 Å². The van der Waals surface area contributed by atoms with Crippen LogP contribution < -0.4 is 0 Å². The van der Waals surface area contributed by atoms with Gasteiger partial charge in [0.2, 0.25) is 0 Å². The van der Waals surface area contributed by atoms with Crippen LogP contribution in [0.1, 0.15) is 19.8 Å². The molecule has 0 saturated carbocycles. The van der Waals surface area contributed by atoms with Crippen molar-refractivity contribution in [2.24, 2.45) is 0 Å². The molecule has 1 heterocycles. The SMILES string of the molecule is CCC1CCOC(=O)O1. The molecule has 9 heavy (non-hydrogen) atoms. The van der Waals surface area contributed by atoms with Gasteiger partial charge in [0.15, 0.2) is 0 Å². The van der Waals surface area contributed by atoms with Gasteiger partial charge in [-0.3, -0.25) is 0 Å². The monoisotopic (exact) mass is 130 g/mol. The fourth-order valence-corrected chi connectivity index (χ4v) is 0.790. The van der Waals surface area contributed by atoms with Gasteiger partial charge >= 0.3 is 6.16 Å². The first-order valence-corrected chi connectivity index (χ1v) is 3.16. The van der Waals surface area contributed by atoms with Gasteiger partial charge in [-0.1, -0.05) is 6.92 Å². The first-order valence-electron chi connectivity index (χ1n) is 3.16. The van der Waals surface area contributed by atoms with E-state index in [1.54, 1.807) is 0 Å². The molecule has 3 nitrogen and oxygen atoms in total. The summed E-state index contributed by atoms with van der Waals surface area (Å²) in [6.07, 6.45) is 1.29. The van der Waals surface area contributed by atoms with Crippen molar-refractivity contribution in [1.29, 1.82) is 0 Å². The lowest BCUT2D eigenvalue weighted by molar-refractivity contribution is -0.0233. The van der Waals surface area contributed by atoms with E-state index in [2.05, 4.69) is 4.74 Å². The summed E-state index contributed by atoms with van der Waals surface area (Å²) in [7, 11) is 0. The van der Waals surface area contributed by atoms with Crippen molar-refractivity contribution in [3.05, 3.63) is 0 Å². The van der Waals surface area contributed by atoms with Gasteiger partial charge < -0.3 is 9.47 Å². The Bertz CT molecular complexity index is 111. The third-order valence-electron chi connectivity index (χ3n) is 1.38. The second-order valence-electron chi connectivity index (χ2n) is 2.04. The Balaban J connectivity index is 2.32. The minimum atomic E-state index is -0.520. The molecular weight excluding hydrogens is 120 g/mol. The minimum Gasteiger partial charge on any atom is -0.434 e. The van der Waals surface area contributed by atoms with Gasteiger partial charge in [0.1, 0.15) is 6.10 Å². The summed E-state index contributed by atoms with van der Waals surface area (Å²) >= 11 is 0. The van der Waals surface area contributed by atoms with Crippen LogP contribution in [0.3, 0.4) is 0 Å². The van der Waals surface area contributed by atoms with E-state index in [0.717, 1.165) is 12.8 Å². The van der Waals surface area contributed by atoms with Gasteiger partial charge in [0, 0.05) is 6.42 Å². The molecule has 1 unspecified atom stereocenters. The molecule has 1 aliphatic heterocycles. The fraction of sp³-hybridized carbons (Fsp3) is 0.833. The van der Waals surface area contributed by atoms with E-state index in [9.17, 15) is 4.79 Å². The highest BCUT2D eigenvalue weighted by atomic mass is 16.7. The van der Waals surface area contributed by atoms with E-state index in [1.165, 1.54) is 0 Å². The highest BCUT2D eigenvalue weighted by molar-refractivity contribution is 5.60. The van der Waals surface area contributed by atoms with Crippen molar-refractivity contribution in [3.8, 4) is 0 Å². The third-order valence-corrected chi connectivity index (χ3v) is 1.38. The predicted octanol–water partition coefficient (Wildman–Crippen LogP) is 1.32. The molecular formula is C6H10O3. The van der Waals surface area contributed by atoms with Crippen molar-refractivity contribution >= 4 is 6.16 Å². The lowest BCUT2D eigenvalue weighted by atomic mass is 10.2. The predicted molar refractivity (Wildman–Crippen MR) is 31.1 cm³/mol. The van der Waals surface area contributed by atoms with E-state index in [0.29, 0.717) is 6.61 Å². The van der Waals surface area contributed by atoms with Gasteiger partial charge in [-0.05, 0) is 6.42 Å².